The summed E-state index contributed by atoms with van der Waals surface area (Å²) >= 11 is 1.58. The molecule has 1 aromatic carbocycles. The van der Waals surface area contributed by atoms with E-state index < -0.39 is 0 Å². The van der Waals surface area contributed by atoms with E-state index in [0.29, 0.717) is 6.54 Å². The van der Waals surface area contributed by atoms with Crippen LogP contribution in [0, 0.1) is 5.92 Å². The van der Waals surface area contributed by atoms with E-state index in [1.54, 1.807) is 31.3 Å². The molecule has 0 bridgehead atoms. The average molecular weight is 330 g/mol. The Morgan fingerprint density at radius 3 is 2.57 bits per heavy atom. The number of carbonyl (C=O) groups is 1. The number of nitrogens with one attached hydrogen (secondary N) is 1. The van der Waals surface area contributed by atoms with Crippen LogP contribution in [0.2, 0.25) is 0 Å². The van der Waals surface area contributed by atoms with Gasteiger partial charge in [0.25, 0.3) is 0 Å². The molecule has 0 fully saturated rings. The molecule has 5 heteroatoms. The number of amides is 1. The first-order valence-corrected chi connectivity index (χ1v) is 8.45. The minimum absolute atomic E-state index is 0.0460. The molecule has 0 aliphatic carbocycles. The molecule has 23 heavy (non-hydrogen) atoms. The zero-order valence-corrected chi connectivity index (χ0v) is 14.5. The molecule has 122 valence electrons. The molecule has 0 radical (unpaired) electrons. The van der Waals surface area contributed by atoms with E-state index in [1.165, 1.54) is 0 Å². The Balaban J connectivity index is 1.97. The number of hydrogen-bond acceptors (Lipinski definition) is 4. The third kappa shape index (κ3) is 5.28. The number of hydrogen-bond donors (Lipinski definition) is 1. The summed E-state index contributed by atoms with van der Waals surface area (Å²) in [5.41, 5.74) is 0.998. The van der Waals surface area contributed by atoms with Crippen molar-refractivity contribution in [3.63, 3.8) is 0 Å². The van der Waals surface area contributed by atoms with Gasteiger partial charge in [-0.25, -0.2) is 0 Å². The van der Waals surface area contributed by atoms with Crippen molar-refractivity contribution in [2.75, 3.05) is 7.11 Å². The lowest BCUT2D eigenvalue weighted by molar-refractivity contribution is -0.121. The summed E-state index contributed by atoms with van der Waals surface area (Å²) in [6.07, 6.45) is 3.49. The number of methoxy groups -OCH3 is 1. The fourth-order valence-corrected chi connectivity index (χ4v) is 3.13. The zero-order valence-electron chi connectivity index (χ0n) is 13.7. The van der Waals surface area contributed by atoms with Gasteiger partial charge in [0.05, 0.1) is 12.4 Å². The molecule has 1 heterocycles. The van der Waals surface area contributed by atoms with E-state index in [4.69, 9.17) is 4.74 Å². The van der Waals surface area contributed by atoms with Crippen LogP contribution in [-0.4, -0.2) is 23.3 Å². The normalized spacial score (nSPS) is 12.0. The van der Waals surface area contributed by atoms with Crippen LogP contribution in [0.3, 0.4) is 0 Å². The molecular weight excluding hydrogens is 308 g/mol. The third-order valence-corrected chi connectivity index (χ3v) is 4.93. The second-order valence-corrected chi connectivity index (χ2v) is 6.75. The molecular formula is C18H22N2O2S. The van der Waals surface area contributed by atoms with Crippen molar-refractivity contribution in [3.05, 3.63) is 54.4 Å². The molecule has 0 unspecified atom stereocenters. The van der Waals surface area contributed by atoms with Crippen LogP contribution in [0.4, 0.5) is 0 Å². The van der Waals surface area contributed by atoms with E-state index in [2.05, 4.69) is 24.1 Å². The highest BCUT2D eigenvalue weighted by Crippen LogP contribution is 2.29. The molecule has 0 aliphatic heterocycles. The summed E-state index contributed by atoms with van der Waals surface area (Å²) in [6, 6.07) is 11.6. The van der Waals surface area contributed by atoms with Crippen LogP contribution >= 0.6 is 11.8 Å². The van der Waals surface area contributed by atoms with Crippen molar-refractivity contribution in [2.24, 2.45) is 5.92 Å². The summed E-state index contributed by atoms with van der Waals surface area (Å²) in [7, 11) is 1.64. The lowest BCUT2D eigenvalue weighted by Crippen LogP contribution is -2.35. The Morgan fingerprint density at radius 2 is 2.00 bits per heavy atom. The predicted molar refractivity (Wildman–Crippen MR) is 93.6 cm³/mol. The standard InChI is InChI=1S/C18H22N2O2S/c1-13(2)17(23-16-8-6-15(22-3)7-9-16)18(21)20-12-14-5-4-10-19-11-14/h4-11,13,17H,12H2,1-3H3,(H,20,21)/t17-/m1/s1. The first-order valence-electron chi connectivity index (χ1n) is 7.57. The highest BCUT2D eigenvalue weighted by Gasteiger charge is 2.23. The van der Waals surface area contributed by atoms with Crippen molar-refractivity contribution in [1.29, 1.82) is 0 Å². The summed E-state index contributed by atoms with van der Waals surface area (Å²) in [4.78, 5) is 17.6. The van der Waals surface area contributed by atoms with Crippen LogP contribution < -0.4 is 10.1 Å². The van der Waals surface area contributed by atoms with Crippen LogP contribution in [0.5, 0.6) is 5.75 Å². The van der Waals surface area contributed by atoms with Gasteiger partial charge in [0.2, 0.25) is 5.91 Å². The number of nitrogens with zero attached hydrogens (tertiary/aromatic N) is 1. The molecule has 2 rings (SSSR count). The topological polar surface area (TPSA) is 51.2 Å². The molecule has 1 aromatic heterocycles. The number of rotatable bonds is 7. The maximum atomic E-state index is 12.5. The quantitative estimate of drug-likeness (QED) is 0.789. The molecule has 2 aromatic rings. The van der Waals surface area contributed by atoms with E-state index >= 15 is 0 Å². The van der Waals surface area contributed by atoms with Gasteiger partial charge >= 0.3 is 0 Å². The van der Waals surface area contributed by atoms with Crippen LogP contribution in [0.25, 0.3) is 0 Å². The molecule has 0 aliphatic rings. The average Bonchev–Trinajstić information content (AvgIpc) is 2.58. The van der Waals surface area contributed by atoms with Crippen LogP contribution in [-0.2, 0) is 11.3 Å². The molecule has 1 amide bonds. The Bertz CT molecular complexity index is 615. The predicted octanol–water partition coefficient (Wildman–Crippen LogP) is 3.52. The van der Waals surface area contributed by atoms with Gasteiger partial charge in [0.15, 0.2) is 0 Å². The Morgan fingerprint density at radius 1 is 1.26 bits per heavy atom. The fraction of sp³-hybridized carbons (Fsp3) is 0.333. The third-order valence-electron chi connectivity index (χ3n) is 3.38. The SMILES string of the molecule is COc1ccc(S[C@@H](C(=O)NCc2cccnc2)C(C)C)cc1. The number of ether oxygens (including phenoxy) is 1. The Kier molecular flexibility index (Phi) is 6.47. The molecule has 1 atom stereocenters. The number of benzene rings is 1. The van der Waals surface area contributed by atoms with E-state index in [1.807, 2.05) is 36.4 Å². The molecule has 4 nitrogen and oxygen atoms in total. The molecule has 1 N–H and O–H groups in total. The molecule has 0 spiro atoms. The van der Waals surface area contributed by atoms with Crippen molar-refractivity contribution in [3.8, 4) is 5.75 Å². The molecule has 0 saturated heterocycles. The number of aromatic nitrogens is 1. The monoisotopic (exact) mass is 330 g/mol. The zero-order chi connectivity index (χ0) is 16.7. The largest absolute Gasteiger partial charge is 0.497 e. The van der Waals surface area contributed by atoms with E-state index in [-0.39, 0.29) is 17.1 Å². The number of thioether (sulfide) groups is 1. The first kappa shape index (κ1) is 17.3. The van der Waals surface area contributed by atoms with Gasteiger partial charge < -0.3 is 10.1 Å². The second-order valence-electron chi connectivity index (χ2n) is 5.54. The Hall–Kier alpha value is -2.01. The maximum Gasteiger partial charge on any atom is 0.234 e. The summed E-state index contributed by atoms with van der Waals surface area (Å²) in [5.74, 6) is 1.09. The summed E-state index contributed by atoms with van der Waals surface area (Å²) in [5, 5.41) is 2.86. The smallest absolute Gasteiger partial charge is 0.234 e. The van der Waals surface area contributed by atoms with Crippen LogP contribution in [0.1, 0.15) is 19.4 Å². The van der Waals surface area contributed by atoms with E-state index in [0.717, 1.165) is 16.2 Å². The summed E-state index contributed by atoms with van der Waals surface area (Å²) < 4.78 is 5.16. The Labute approximate surface area is 141 Å². The lowest BCUT2D eigenvalue weighted by Gasteiger charge is -2.20. The van der Waals surface area contributed by atoms with E-state index in [9.17, 15) is 4.79 Å². The van der Waals surface area contributed by atoms with Gasteiger partial charge in [0.1, 0.15) is 5.75 Å². The minimum atomic E-state index is -0.139. The van der Waals surface area contributed by atoms with Gasteiger partial charge in [-0.1, -0.05) is 19.9 Å². The van der Waals surface area contributed by atoms with Gasteiger partial charge in [-0.2, -0.15) is 0 Å². The van der Waals surface area contributed by atoms with Crippen molar-refractivity contribution in [2.45, 2.75) is 30.5 Å². The highest BCUT2D eigenvalue weighted by molar-refractivity contribution is 8.00. The van der Waals surface area contributed by atoms with Crippen molar-refractivity contribution in [1.82, 2.24) is 10.3 Å². The fourth-order valence-electron chi connectivity index (χ4n) is 2.09. The van der Waals surface area contributed by atoms with Crippen molar-refractivity contribution >= 4 is 17.7 Å². The lowest BCUT2D eigenvalue weighted by atomic mass is 10.1. The minimum Gasteiger partial charge on any atom is -0.497 e. The first-order chi connectivity index (χ1) is 11.1. The van der Waals surface area contributed by atoms with Crippen molar-refractivity contribution < 1.29 is 9.53 Å². The highest BCUT2D eigenvalue weighted by atomic mass is 32.2. The number of pyridine rings is 1. The van der Waals surface area contributed by atoms with Gasteiger partial charge in [-0.05, 0) is 41.8 Å². The van der Waals surface area contributed by atoms with Gasteiger partial charge in [-0.3, -0.25) is 9.78 Å². The maximum absolute atomic E-state index is 12.5. The second kappa shape index (κ2) is 8.58. The summed E-state index contributed by atoms with van der Waals surface area (Å²) in [6.45, 7) is 4.62. The van der Waals surface area contributed by atoms with Gasteiger partial charge in [-0.15, -0.1) is 11.8 Å². The molecule has 0 saturated carbocycles. The van der Waals surface area contributed by atoms with Crippen LogP contribution in [0.15, 0.2) is 53.7 Å². The number of carbonyl (C=O) groups excluding carboxylic acids is 1. The van der Waals surface area contributed by atoms with Gasteiger partial charge in [0, 0.05) is 23.8 Å².